The van der Waals surface area contributed by atoms with Crippen LogP contribution < -0.4 is 0 Å². The monoisotopic (exact) mass is 146 g/mol. The Morgan fingerprint density at radius 2 is 2.67 bits per heavy atom. The Kier molecular flexibility index (Phi) is 0.874. The number of nitrogens with one attached hydrogen (secondary N) is 1. The number of hydrogen-bond donors (Lipinski definition) is 1. The predicted octanol–water partition coefficient (Wildman–Crippen LogP) is 0.367. The Labute approximate surface area is 42.9 Å². The van der Waals surface area contributed by atoms with E-state index in [1.165, 1.54) is 0 Å². The lowest BCUT2D eigenvalue weighted by molar-refractivity contribution is 0.932. The number of halogens is 1. The van der Waals surface area contributed by atoms with Crippen LogP contribution in [0.25, 0.3) is 0 Å². The molecule has 6 heavy (non-hydrogen) atoms. The third-order valence-corrected chi connectivity index (χ3v) is 0.704. The molecule has 0 amide bonds. The molecular weight excluding hydrogens is 146 g/mol. The van der Waals surface area contributed by atoms with Crippen LogP contribution in [0.15, 0.2) is 4.60 Å². The molecule has 0 unspecified atom stereocenters. The van der Waals surface area contributed by atoms with E-state index < -0.39 is 0 Å². The zero-order chi connectivity index (χ0) is 4.41. The lowest BCUT2D eigenvalue weighted by Crippen LogP contribution is -1.63. The van der Waals surface area contributed by atoms with Gasteiger partial charge in [0.25, 0.3) is 0 Å². The van der Waals surface area contributed by atoms with Gasteiger partial charge < -0.3 is 0 Å². The van der Waals surface area contributed by atoms with E-state index in [-0.39, 0.29) is 0 Å². The highest BCUT2D eigenvalue weighted by Crippen LogP contribution is 1.95. The number of aromatic amines is 1. The van der Waals surface area contributed by atoms with Gasteiger partial charge >= 0.3 is 0 Å². The van der Waals surface area contributed by atoms with Gasteiger partial charge in [-0.15, -0.1) is 5.10 Å². The molecule has 1 radical (unpaired) electrons. The lowest BCUT2D eigenvalue weighted by atomic mass is 11.0. The highest BCUT2D eigenvalue weighted by Gasteiger charge is 1.81. The van der Waals surface area contributed by atoms with Crippen LogP contribution in [0.3, 0.4) is 0 Å². The molecule has 3 nitrogen and oxygen atoms in total. The summed E-state index contributed by atoms with van der Waals surface area (Å²) in [6, 6.07) is 0. The molecule has 0 spiro atoms. The largest absolute Gasteiger partial charge is 0.255 e. The number of rotatable bonds is 0. The van der Waals surface area contributed by atoms with Gasteiger partial charge in [0.2, 0.25) is 0 Å². The number of hydrogen-bond acceptors (Lipinski definition) is 2. The van der Waals surface area contributed by atoms with Crippen molar-refractivity contribution >= 4 is 15.9 Å². The quantitative estimate of drug-likeness (QED) is 0.575. The molecule has 1 N–H and O–H groups in total. The molecule has 0 aliphatic heterocycles. The van der Waals surface area contributed by atoms with Gasteiger partial charge in [-0.25, -0.2) is 0 Å². The van der Waals surface area contributed by atoms with Gasteiger partial charge in [-0.2, -0.15) is 0 Å². The maximum Gasteiger partial charge on any atom is 0.157 e. The van der Waals surface area contributed by atoms with Gasteiger partial charge in [-0.3, -0.25) is 5.10 Å². The van der Waals surface area contributed by atoms with Crippen molar-refractivity contribution in [1.29, 1.82) is 0 Å². The van der Waals surface area contributed by atoms with Crippen molar-refractivity contribution in [3.05, 3.63) is 10.8 Å². The summed E-state index contributed by atoms with van der Waals surface area (Å²) in [7, 11) is 0. The van der Waals surface area contributed by atoms with Crippen molar-refractivity contribution in [2.24, 2.45) is 0 Å². The van der Waals surface area contributed by atoms with Crippen LogP contribution >= 0.6 is 15.9 Å². The minimum absolute atomic E-state index is 0.613. The average molecular weight is 147 g/mol. The first-order chi connectivity index (χ1) is 2.89. The SMILES string of the molecule is Brc1[c][nH]nn1. The minimum atomic E-state index is 0.613. The van der Waals surface area contributed by atoms with Gasteiger partial charge in [0.1, 0.15) is 6.20 Å². The average Bonchev–Trinajstić information content (AvgIpc) is 1.86. The van der Waals surface area contributed by atoms with E-state index in [0.717, 1.165) is 0 Å². The van der Waals surface area contributed by atoms with Crippen LogP contribution in [0.1, 0.15) is 0 Å². The molecule has 1 rings (SSSR count). The van der Waals surface area contributed by atoms with Crippen molar-refractivity contribution < 1.29 is 0 Å². The van der Waals surface area contributed by atoms with Crippen molar-refractivity contribution in [2.45, 2.75) is 0 Å². The molecule has 1 aromatic rings. The molecule has 0 aliphatic carbocycles. The van der Waals surface area contributed by atoms with Crippen LogP contribution in [-0.2, 0) is 0 Å². The molecule has 0 aliphatic rings. The van der Waals surface area contributed by atoms with Crippen LogP contribution in [-0.4, -0.2) is 15.4 Å². The van der Waals surface area contributed by atoms with Crippen molar-refractivity contribution in [3.8, 4) is 0 Å². The molecule has 0 aromatic carbocycles. The first kappa shape index (κ1) is 3.80. The van der Waals surface area contributed by atoms with E-state index in [2.05, 4.69) is 37.5 Å². The van der Waals surface area contributed by atoms with Crippen molar-refractivity contribution in [3.63, 3.8) is 0 Å². The Morgan fingerprint density at radius 1 is 1.83 bits per heavy atom. The molecule has 1 aromatic heterocycles. The molecular formula is C2HBrN3. The van der Waals surface area contributed by atoms with Crippen LogP contribution in [0.5, 0.6) is 0 Å². The van der Waals surface area contributed by atoms with Gasteiger partial charge in [0, 0.05) is 0 Å². The second kappa shape index (κ2) is 1.38. The third-order valence-electron chi connectivity index (χ3n) is 0.347. The molecule has 0 bridgehead atoms. The Morgan fingerprint density at radius 3 is 2.83 bits per heavy atom. The molecule has 4 heteroatoms. The summed E-state index contributed by atoms with van der Waals surface area (Å²) >= 11 is 3.02. The first-order valence-electron chi connectivity index (χ1n) is 1.34. The zero-order valence-electron chi connectivity index (χ0n) is 2.77. The zero-order valence-corrected chi connectivity index (χ0v) is 4.36. The van der Waals surface area contributed by atoms with Crippen molar-refractivity contribution in [1.82, 2.24) is 15.4 Å². The van der Waals surface area contributed by atoms with Gasteiger partial charge in [0.15, 0.2) is 4.60 Å². The first-order valence-corrected chi connectivity index (χ1v) is 2.13. The van der Waals surface area contributed by atoms with Crippen LogP contribution in [0.4, 0.5) is 0 Å². The Bertz CT molecular complexity index is 112. The molecule has 0 saturated carbocycles. The van der Waals surface area contributed by atoms with Crippen molar-refractivity contribution in [2.75, 3.05) is 0 Å². The molecule has 0 saturated heterocycles. The third kappa shape index (κ3) is 0.567. The number of nitrogens with zero attached hydrogens (tertiary/aromatic N) is 2. The molecule has 1 heterocycles. The molecule has 31 valence electrons. The fraction of sp³-hybridized carbons (Fsp3) is 0. The maximum absolute atomic E-state index is 3.47. The highest BCUT2D eigenvalue weighted by atomic mass is 79.9. The minimum Gasteiger partial charge on any atom is -0.255 e. The second-order valence-corrected chi connectivity index (χ2v) is 1.48. The van der Waals surface area contributed by atoms with E-state index >= 15 is 0 Å². The molecule has 0 atom stereocenters. The maximum atomic E-state index is 3.47. The van der Waals surface area contributed by atoms with Gasteiger partial charge in [-0.1, -0.05) is 5.21 Å². The fourth-order valence-corrected chi connectivity index (χ4v) is 0.333. The summed E-state index contributed by atoms with van der Waals surface area (Å²) < 4.78 is 0.613. The van der Waals surface area contributed by atoms with E-state index in [9.17, 15) is 0 Å². The topological polar surface area (TPSA) is 41.6 Å². The summed E-state index contributed by atoms with van der Waals surface area (Å²) in [5.74, 6) is 0. The van der Waals surface area contributed by atoms with Gasteiger partial charge in [0.05, 0.1) is 0 Å². The van der Waals surface area contributed by atoms with E-state index in [4.69, 9.17) is 0 Å². The standard InChI is InChI=1S/C2HBrN3/c3-2-1-4-6-5-2/h(H,4,5,6). The number of aromatic nitrogens is 3. The van der Waals surface area contributed by atoms with Gasteiger partial charge in [-0.05, 0) is 15.9 Å². The fourth-order valence-electron chi connectivity index (χ4n) is 0.165. The smallest absolute Gasteiger partial charge is 0.157 e. The summed E-state index contributed by atoms with van der Waals surface area (Å²) in [5.41, 5.74) is 0. The Hall–Kier alpha value is -0.380. The Balaban J connectivity index is 3.05. The summed E-state index contributed by atoms with van der Waals surface area (Å²) in [4.78, 5) is 0. The summed E-state index contributed by atoms with van der Waals surface area (Å²) in [5, 5.41) is 9.21. The molecule has 0 fully saturated rings. The van der Waals surface area contributed by atoms with E-state index in [1.807, 2.05) is 0 Å². The normalized spacial score (nSPS) is 8.83. The van der Waals surface area contributed by atoms with E-state index in [1.54, 1.807) is 0 Å². The lowest BCUT2D eigenvalue weighted by Gasteiger charge is -1.56. The van der Waals surface area contributed by atoms with E-state index in [0.29, 0.717) is 4.60 Å². The highest BCUT2D eigenvalue weighted by molar-refractivity contribution is 9.10. The predicted molar refractivity (Wildman–Crippen MR) is 22.9 cm³/mol. The van der Waals surface area contributed by atoms with Crippen LogP contribution in [0, 0.1) is 6.20 Å². The summed E-state index contributed by atoms with van der Waals surface area (Å²) in [6.45, 7) is 0. The summed E-state index contributed by atoms with van der Waals surface area (Å²) in [6.07, 6.45) is 2.57. The second-order valence-electron chi connectivity index (χ2n) is 0.728. The van der Waals surface area contributed by atoms with Crippen LogP contribution in [0.2, 0.25) is 0 Å². The number of H-pyrrole nitrogens is 1.